The highest BCUT2D eigenvalue weighted by Crippen LogP contribution is 2.69. The zero-order valence-electron chi connectivity index (χ0n) is 8.93. The molecule has 2 aliphatic rings. The maximum atomic E-state index is 2.53. The second-order valence-electron chi connectivity index (χ2n) is 5.77. The Morgan fingerprint density at radius 1 is 1.25 bits per heavy atom. The Kier molecular flexibility index (Phi) is 1.79. The van der Waals surface area contributed by atoms with Crippen molar-refractivity contribution >= 4 is 0 Å². The van der Waals surface area contributed by atoms with Gasteiger partial charge in [-0.2, -0.15) is 0 Å². The molecule has 0 nitrogen and oxygen atoms in total. The van der Waals surface area contributed by atoms with Gasteiger partial charge < -0.3 is 0 Å². The van der Waals surface area contributed by atoms with Crippen LogP contribution in [0.2, 0.25) is 0 Å². The van der Waals surface area contributed by atoms with Gasteiger partial charge in [-0.05, 0) is 41.9 Å². The van der Waals surface area contributed by atoms with E-state index in [2.05, 4.69) is 27.7 Å². The maximum Gasteiger partial charge on any atom is -0.0258 e. The molecule has 4 atom stereocenters. The second kappa shape index (κ2) is 2.49. The maximum absolute atomic E-state index is 2.53. The third-order valence-electron chi connectivity index (χ3n) is 4.41. The SMILES string of the molecule is CC1CCC2C(C(C)C)C2(C)C1. The predicted molar refractivity (Wildman–Crippen MR) is 52.9 cm³/mol. The van der Waals surface area contributed by atoms with Crippen LogP contribution in [0.25, 0.3) is 0 Å². The number of fused-ring (bicyclic) bond motifs is 1. The van der Waals surface area contributed by atoms with Crippen LogP contribution in [0.3, 0.4) is 0 Å². The van der Waals surface area contributed by atoms with E-state index in [1.165, 1.54) is 19.3 Å². The van der Waals surface area contributed by atoms with Crippen molar-refractivity contribution in [3.63, 3.8) is 0 Å². The molecule has 0 aliphatic heterocycles. The smallest absolute Gasteiger partial charge is 0.0258 e. The zero-order chi connectivity index (χ0) is 8.93. The Hall–Kier alpha value is 0. The predicted octanol–water partition coefficient (Wildman–Crippen LogP) is 3.71. The lowest BCUT2D eigenvalue weighted by Crippen LogP contribution is -2.12. The molecule has 2 rings (SSSR count). The third-order valence-corrected chi connectivity index (χ3v) is 4.41. The van der Waals surface area contributed by atoms with Gasteiger partial charge in [-0.3, -0.25) is 0 Å². The monoisotopic (exact) mass is 166 g/mol. The molecule has 0 bridgehead atoms. The molecule has 2 fully saturated rings. The van der Waals surface area contributed by atoms with Crippen molar-refractivity contribution in [2.45, 2.75) is 47.0 Å². The van der Waals surface area contributed by atoms with Crippen LogP contribution >= 0.6 is 0 Å². The summed E-state index contributed by atoms with van der Waals surface area (Å²) in [5, 5.41) is 0. The number of hydrogen-bond acceptors (Lipinski definition) is 0. The molecule has 70 valence electrons. The molecule has 0 aromatic carbocycles. The summed E-state index contributed by atoms with van der Waals surface area (Å²) in [4.78, 5) is 0. The van der Waals surface area contributed by atoms with E-state index in [1.54, 1.807) is 0 Å². The minimum Gasteiger partial charge on any atom is -0.0625 e. The highest BCUT2D eigenvalue weighted by atomic mass is 14.7. The highest BCUT2D eigenvalue weighted by Gasteiger charge is 2.62. The van der Waals surface area contributed by atoms with Gasteiger partial charge in [0, 0.05) is 0 Å². The van der Waals surface area contributed by atoms with Gasteiger partial charge in [0.15, 0.2) is 0 Å². The normalized spacial score (nSPS) is 52.2. The quantitative estimate of drug-likeness (QED) is 0.557. The first-order chi connectivity index (χ1) is 5.55. The summed E-state index contributed by atoms with van der Waals surface area (Å²) in [5.41, 5.74) is 0.756. The van der Waals surface area contributed by atoms with E-state index >= 15 is 0 Å². The van der Waals surface area contributed by atoms with E-state index in [0.717, 1.165) is 29.1 Å². The molecule has 2 saturated carbocycles. The van der Waals surface area contributed by atoms with Gasteiger partial charge in [-0.15, -0.1) is 0 Å². The van der Waals surface area contributed by atoms with Crippen LogP contribution in [0.4, 0.5) is 0 Å². The van der Waals surface area contributed by atoms with Gasteiger partial charge in [0.05, 0.1) is 0 Å². The van der Waals surface area contributed by atoms with E-state index in [1.807, 2.05) is 0 Å². The van der Waals surface area contributed by atoms with Crippen LogP contribution in [0.1, 0.15) is 47.0 Å². The Labute approximate surface area is 76.7 Å². The van der Waals surface area contributed by atoms with Gasteiger partial charge in [0.2, 0.25) is 0 Å². The first-order valence-electron chi connectivity index (χ1n) is 5.55. The molecule has 0 heterocycles. The molecule has 12 heavy (non-hydrogen) atoms. The zero-order valence-corrected chi connectivity index (χ0v) is 8.93. The number of rotatable bonds is 1. The molecule has 2 aliphatic carbocycles. The van der Waals surface area contributed by atoms with Crippen molar-refractivity contribution in [3.05, 3.63) is 0 Å². The van der Waals surface area contributed by atoms with Crippen LogP contribution in [0.5, 0.6) is 0 Å². The van der Waals surface area contributed by atoms with Gasteiger partial charge in [-0.25, -0.2) is 0 Å². The Morgan fingerprint density at radius 2 is 1.92 bits per heavy atom. The standard InChI is InChI=1S/C12H22/c1-8(2)11-10-6-5-9(3)7-12(10,11)4/h8-11H,5-7H2,1-4H3. The summed E-state index contributed by atoms with van der Waals surface area (Å²) in [7, 11) is 0. The molecule has 0 saturated heterocycles. The van der Waals surface area contributed by atoms with Crippen molar-refractivity contribution in [3.8, 4) is 0 Å². The summed E-state index contributed by atoms with van der Waals surface area (Å²) >= 11 is 0. The topological polar surface area (TPSA) is 0 Å². The summed E-state index contributed by atoms with van der Waals surface area (Å²) in [6.07, 6.45) is 4.50. The molecule has 0 aromatic rings. The first-order valence-corrected chi connectivity index (χ1v) is 5.55. The lowest BCUT2D eigenvalue weighted by Gasteiger charge is -2.23. The molecule has 0 N–H and O–H groups in total. The van der Waals surface area contributed by atoms with E-state index in [-0.39, 0.29) is 0 Å². The van der Waals surface area contributed by atoms with E-state index in [4.69, 9.17) is 0 Å². The fourth-order valence-electron chi connectivity index (χ4n) is 4.04. The van der Waals surface area contributed by atoms with Crippen molar-refractivity contribution in [2.24, 2.45) is 29.1 Å². The molecule has 0 amide bonds. The highest BCUT2D eigenvalue weighted by molar-refractivity contribution is 5.11. The molecule has 4 unspecified atom stereocenters. The summed E-state index contributed by atoms with van der Waals surface area (Å²) < 4.78 is 0. The second-order valence-corrected chi connectivity index (χ2v) is 5.77. The molecule has 0 spiro atoms. The summed E-state index contributed by atoms with van der Waals surface area (Å²) in [6, 6.07) is 0. The van der Waals surface area contributed by atoms with Gasteiger partial charge >= 0.3 is 0 Å². The van der Waals surface area contributed by atoms with Crippen LogP contribution in [0, 0.1) is 29.1 Å². The molecule has 0 aromatic heterocycles. The van der Waals surface area contributed by atoms with Gasteiger partial charge in [0.1, 0.15) is 0 Å². The minimum atomic E-state index is 0.756. The minimum absolute atomic E-state index is 0.756. The molecule has 0 radical (unpaired) electrons. The first kappa shape index (κ1) is 8.59. The fourth-order valence-corrected chi connectivity index (χ4v) is 4.04. The van der Waals surface area contributed by atoms with E-state index in [0.29, 0.717) is 0 Å². The summed E-state index contributed by atoms with van der Waals surface area (Å²) in [5.74, 6) is 4.07. The molecule has 0 heteroatoms. The third kappa shape index (κ3) is 1.03. The average Bonchev–Trinajstić information content (AvgIpc) is 2.52. The van der Waals surface area contributed by atoms with Gasteiger partial charge in [0.25, 0.3) is 0 Å². The molecular weight excluding hydrogens is 144 g/mol. The van der Waals surface area contributed by atoms with Crippen molar-refractivity contribution in [1.82, 2.24) is 0 Å². The number of hydrogen-bond donors (Lipinski definition) is 0. The van der Waals surface area contributed by atoms with Crippen LogP contribution < -0.4 is 0 Å². The van der Waals surface area contributed by atoms with Crippen LogP contribution in [-0.2, 0) is 0 Å². The lowest BCUT2D eigenvalue weighted by atomic mass is 9.82. The van der Waals surface area contributed by atoms with Gasteiger partial charge in [-0.1, -0.05) is 34.1 Å². The van der Waals surface area contributed by atoms with Crippen molar-refractivity contribution < 1.29 is 0 Å². The van der Waals surface area contributed by atoms with Crippen molar-refractivity contribution in [2.75, 3.05) is 0 Å². The Morgan fingerprint density at radius 3 is 2.42 bits per heavy atom. The molecular formula is C12H22. The van der Waals surface area contributed by atoms with E-state index in [9.17, 15) is 0 Å². The average molecular weight is 166 g/mol. The Balaban J connectivity index is 2.07. The summed E-state index contributed by atoms with van der Waals surface area (Å²) in [6.45, 7) is 9.76. The van der Waals surface area contributed by atoms with Crippen molar-refractivity contribution in [1.29, 1.82) is 0 Å². The Bertz CT molecular complexity index is 182. The lowest BCUT2D eigenvalue weighted by molar-refractivity contribution is 0.276. The fraction of sp³-hybridized carbons (Fsp3) is 1.00. The van der Waals surface area contributed by atoms with Crippen LogP contribution in [-0.4, -0.2) is 0 Å². The van der Waals surface area contributed by atoms with Crippen LogP contribution in [0.15, 0.2) is 0 Å². The van der Waals surface area contributed by atoms with E-state index < -0.39 is 0 Å². The largest absolute Gasteiger partial charge is 0.0625 e.